The van der Waals surface area contributed by atoms with Crippen LogP contribution in [0.5, 0.6) is 0 Å². The number of benzene rings is 2. The zero-order valence-electron chi connectivity index (χ0n) is 18.1. The molecule has 2 aromatic carbocycles. The van der Waals surface area contributed by atoms with Gasteiger partial charge in [0, 0.05) is 24.6 Å². The van der Waals surface area contributed by atoms with E-state index in [1.165, 1.54) is 32.2 Å². The first kappa shape index (κ1) is 25.8. The van der Waals surface area contributed by atoms with Crippen LogP contribution in [0.2, 0.25) is 10.0 Å². The molecule has 2 atom stereocenters. The van der Waals surface area contributed by atoms with Crippen molar-refractivity contribution in [1.82, 2.24) is 10.6 Å². The van der Waals surface area contributed by atoms with Crippen LogP contribution in [0.25, 0.3) is 0 Å². The van der Waals surface area contributed by atoms with E-state index in [-0.39, 0.29) is 17.2 Å². The van der Waals surface area contributed by atoms with Gasteiger partial charge in [-0.15, -0.1) is 0 Å². The van der Waals surface area contributed by atoms with E-state index in [9.17, 15) is 27.2 Å². The predicted octanol–water partition coefficient (Wildman–Crippen LogP) is 4.89. The summed E-state index contributed by atoms with van der Waals surface area (Å²) in [6.45, 7) is 3.10. The normalized spacial score (nSPS) is 18.7. The molecule has 0 aliphatic carbocycles. The van der Waals surface area contributed by atoms with Crippen molar-refractivity contribution in [2.45, 2.75) is 38.1 Å². The minimum Gasteiger partial charge on any atom is -0.374 e. The monoisotopic (exact) mass is 519 g/mol. The minimum atomic E-state index is -4.94. The summed E-state index contributed by atoms with van der Waals surface area (Å²) < 4.78 is 56.3. The number of halogens is 6. The zero-order valence-corrected chi connectivity index (χ0v) is 19.6. The minimum absolute atomic E-state index is 0.0392. The molecule has 0 fully saturated rings. The lowest BCUT2D eigenvalue weighted by molar-refractivity contribution is -0.275. The lowest BCUT2D eigenvalue weighted by Gasteiger charge is -2.29. The number of oxime groups is 1. The summed E-state index contributed by atoms with van der Waals surface area (Å²) >= 11 is 11.4. The third-order valence-electron chi connectivity index (χ3n) is 5.43. The van der Waals surface area contributed by atoms with Gasteiger partial charge in [-0.3, -0.25) is 9.59 Å². The van der Waals surface area contributed by atoms with Gasteiger partial charge < -0.3 is 15.5 Å². The number of hydrogen-bond donors (Lipinski definition) is 2. The maximum atomic E-state index is 14.2. The van der Waals surface area contributed by atoms with Gasteiger partial charge in [-0.25, -0.2) is 4.39 Å². The second kappa shape index (κ2) is 9.42. The molecule has 2 unspecified atom stereocenters. The van der Waals surface area contributed by atoms with Crippen molar-refractivity contribution < 1.29 is 32.0 Å². The highest BCUT2D eigenvalue weighted by Crippen LogP contribution is 2.50. The first-order valence-electron chi connectivity index (χ1n) is 9.91. The van der Waals surface area contributed by atoms with Crippen LogP contribution in [-0.4, -0.2) is 36.8 Å². The third kappa shape index (κ3) is 4.69. The highest BCUT2D eigenvalue weighted by atomic mass is 35.5. The first-order valence-corrected chi connectivity index (χ1v) is 10.7. The summed E-state index contributed by atoms with van der Waals surface area (Å²) in [6, 6.07) is 5.15. The predicted molar refractivity (Wildman–Crippen MR) is 119 cm³/mol. The molecule has 12 heteroatoms. The van der Waals surface area contributed by atoms with Crippen LogP contribution in [0, 0.1) is 12.7 Å². The maximum absolute atomic E-state index is 14.2. The van der Waals surface area contributed by atoms with E-state index in [0.29, 0.717) is 11.1 Å². The summed E-state index contributed by atoms with van der Waals surface area (Å²) in [7, 11) is 1.43. The molecule has 0 saturated carbocycles. The van der Waals surface area contributed by atoms with Crippen LogP contribution in [0.1, 0.15) is 40.4 Å². The molecule has 0 aromatic heterocycles. The quantitative estimate of drug-likeness (QED) is 0.436. The Labute approximate surface area is 202 Å². The topological polar surface area (TPSA) is 79.8 Å². The van der Waals surface area contributed by atoms with Gasteiger partial charge in [-0.05, 0) is 49.2 Å². The maximum Gasteiger partial charge on any atom is 0.435 e. The van der Waals surface area contributed by atoms with Gasteiger partial charge in [0.15, 0.2) is 5.82 Å². The molecular weight excluding hydrogens is 501 g/mol. The van der Waals surface area contributed by atoms with Crippen molar-refractivity contribution in [3.8, 4) is 0 Å². The number of aryl methyl sites for hydroxylation is 1. The fourth-order valence-electron chi connectivity index (χ4n) is 3.50. The molecule has 0 bridgehead atoms. The molecule has 182 valence electrons. The highest BCUT2D eigenvalue weighted by Gasteiger charge is 2.62. The van der Waals surface area contributed by atoms with Gasteiger partial charge >= 0.3 is 6.18 Å². The number of amides is 2. The van der Waals surface area contributed by atoms with Crippen molar-refractivity contribution in [3.05, 3.63) is 68.4 Å². The summed E-state index contributed by atoms with van der Waals surface area (Å²) in [4.78, 5) is 29.0. The molecule has 2 N–H and O–H groups in total. The van der Waals surface area contributed by atoms with Crippen LogP contribution in [0.3, 0.4) is 0 Å². The van der Waals surface area contributed by atoms with E-state index in [2.05, 4.69) is 15.8 Å². The Kier molecular flexibility index (Phi) is 7.14. The Hall–Kier alpha value is -2.85. The second-order valence-electron chi connectivity index (χ2n) is 7.72. The van der Waals surface area contributed by atoms with Crippen molar-refractivity contribution in [1.29, 1.82) is 0 Å². The van der Waals surface area contributed by atoms with Crippen LogP contribution >= 0.6 is 23.2 Å². The number of likely N-dealkylation sites (N-methyl/N-ethyl adjacent to an activating group) is 1. The van der Waals surface area contributed by atoms with Crippen LogP contribution in [0.15, 0.2) is 35.5 Å². The number of alkyl halides is 3. The number of rotatable bonds is 5. The van der Waals surface area contributed by atoms with Crippen molar-refractivity contribution >= 4 is 40.7 Å². The average molecular weight is 520 g/mol. The van der Waals surface area contributed by atoms with E-state index in [4.69, 9.17) is 28.0 Å². The standard InChI is InChI=1S/C22H19Cl2F4N3O3/c1-10-6-12(4-5-14(10)20(33)30-11(2)19(32)29-3)17-9-21(34-31-17,22(26,27)28)13-7-15(23)18(25)16(24)8-13/h4-8,11H,9H2,1-3H3,(H,29,32)(H,30,33). The summed E-state index contributed by atoms with van der Waals surface area (Å²) in [5, 5.41) is 7.43. The lowest BCUT2D eigenvalue weighted by atomic mass is 9.86. The van der Waals surface area contributed by atoms with Crippen LogP contribution in [-0.2, 0) is 15.2 Å². The Morgan fingerprint density at radius 3 is 2.32 bits per heavy atom. The largest absolute Gasteiger partial charge is 0.435 e. The molecule has 6 nitrogen and oxygen atoms in total. The van der Waals surface area contributed by atoms with E-state index in [0.717, 1.165) is 12.1 Å². The van der Waals surface area contributed by atoms with Gasteiger partial charge in [0.1, 0.15) is 6.04 Å². The average Bonchev–Trinajstić information content (AvgIpc) is 3.23. The van der Waals surface area contributed by atoms with Gasteiger partial charge in [0.2, 0.25) is 5.91 Å². The molecule has 2 amide bonds. The number of nitrogens with zero attached hydrogens (tertiary/aromatic N) is 1. The number of carbonyl (C=O) groups is 2. The molecule has 1 aliphatic heterocycles. The highest BCUT2D eigenvalue weighted by molar-refractivity contribution is 6.35. The van der Waals surface area contributed by atoms with Crippen LogP contribution in [0.4, 0.5) is 17.6 Å². The van der Waals surface area contributed by atoms with Gasteiger partial charge in [0.05, 0.1) is 15.8 Å². The fourth-order valence-corrected chi connectivity index (χ4v) is 3.99. The molecule has 34 heavy (non-hydrogen) atoms. The van der Waals surface area contributed by atoms with Crippen LogP contribution < -0.4 is 10.6 Å². The second-order valence-corrected chi connectivity index (χ2v) is 8.54. The number of carbonyl (C=O) groups excluding carboxylic acids is 2. The van der Waals surface area contributed by atoms with Gasteiger partial charge in [-0.1, -0.05) is 34.4 Å². The SMILES string of the molecule is CNC(=O)C(C)NC(=O)c1ccc(C2=NOC(c3cc(Cl)c(F)c(Cl)c3)(C(F)(F)F)C2)cc1C. The molecule has 0 spiro atoms. The third-order valence-corrected chi connectivity index (χ3v) is 5.98. The van der Waals surface area contributed by atoms with E-state index in [1.807, 2.05) is 0 Å². The Bertz CT molecular complexity index is 1160. The van der Waals surface area contributed by atoms with E-state index >= 15 is 0 Å². The molecule has 1 aliphatic rings. The Balaban J connectivity index is 1.90. The zero-order chi connectivity index (χ0) is 25.4. The first-order chi connectivity index (χ1) is 15.8. The Morgan fingerprint density at radius 2 is 1.79 bits per heavy atom. The molecule has 0 saturated heterocycles. The Morgan fingerprint density at radius 1 is 1.18 bits per heavy atom. The van der Waals surface area contributed by atoms with E-state index in [1.54, 1.807) is 6.92 Å². The van der Waals surface area contributed by atoms with Gasteiger partial charge in [0.25, 0.3) is 11.5 Å². The smallest absolute Gasteiger partial charge is 0.374 e. The summed E-state index contributed by atoms with van der Waals surface area (Å²) in [5.41, 5.74) is -2.49. The number of nitrogens with one attached hydrogen (secondary N) is 2. The molecule has 1 heterocycles. The summed E-state index contributed by atoms with van der Waals surface area (Å²) in [5.74, 6) is -1.95. The summed E-state index contributed by atoms with van der Waals surface area (Å²) in [6.07, 6.45) is -5.67. The molecule has 2 aromatic rings. The van der Waals surface area contributed by atoms with Crippen molar-refractivity contribution in [2.75, 3.05) is 7.05 Å². The van der Waals surface area contributed by atoms with Crippen molar-refractivity contribution in [2.24, 2.45) is 5.16 Å². The molecule has 3 rings (SSSR count). The molecule has 0 radical (unpaired) electrons. The van der Waals surface area contributed by atoms with Crippen molar-refractivity contribution in [3.63, 3.8) is 0 Å². The fraction of sp³-hybridized carbons (Fsp3) is 0.318. The number of hydrogen-bond acceptors (Lipinski definition) is 4. The van der Waals surface area contributed by atoms with Gasteiger partial charge in [-0.2, -0.15) is 13.2 Å². The lowest BCUT2D eigenvalue weighted by Crippen LogP contribution is -2.43. The van der Waals surface area contributed by atoms with E-state index < -0.39 is 51.6 Å². The molecular formula is C22H19Cl2F4N3O3.